The topological polar surface area (TPSA) is 98.0 Å². The first-order valence-corrected chi connectivity index (χ1v) is 6.90. The molecule has 0 aliphatic heterocycles. The van der Waals surface area contributed by atoms with Gasteiger partial charge in [-0.2, -0.15) is 4.39 Å². The standard InChI is InChI=1S/C11H5Br2FN4O3/c12-8-4-15-10(9(13)16-8)17-11(19)5-1-2-7(18(20)21)6(14)3-5/h1-4H,(H,15,17,19). The van der Waals surface area contributed by atoms with E-state index in [9.17, 15) is 19.3 Å². The summed E-state index contributed by atoms with van der Waals surface area (Å²) in [4.78, 5) is 29.5. The number of halogens is 3. The zero-order valence-corrected chi connectivity index (χ0v) is 13.2. The van der Waals surface area contributed by atoms with Gasteiger partial charge in [0.15, 0.2) is 5.82 Å². The number of aromatic nitrogens is 2. The Bertz CT molecular complexity index is 741. The number of carbonyl (C=O) groups is 1. The van der Waals surface area contributed by atoms with Crippen molar-refractivity contribution in [1.29, 1.82) is 0 Å². The highest BCUT2D eigenvalue weighted by molar-refractivity contribution is 9.11. The summed E-state index contributed by atoms with van der Waals surface area (Å²) in [6, 6.07) is 2.86. The predicted molar refractivity (Wildman–Crippen MR) is 78.4 cm³/mol. The fraction of sp³-hybridized carbons (Fsp3) is 0. The molecule has 0 unspecified atom stereocenters. The third-order valence-electron chi connectivity index (χ3n) is 2.34. The molecule has 2 rings (SSSR count). The number of anilines is 1. The molecule has 0 saturated carbocycles. The second kappa shape index (κ2) is 6.22. The van der Waals surface area contributed by atoms with Gasteiger partial charge in [-0.3, -0.25) is 14.9 Å². The Morgan fingerprint density at radius 2 is 2.10 bits per heavy atom. The molecule has 0 spiro atoms. The summed E-state index contributed by atoms with van der Waals surface area (Å²) in [5.41, 5.74) is -0.772. The Morgan fingerprint density at radius 1 is 1.38 bits per heavy atom. The summed E-state index contributed by atoms with van der Waals surface area (Å²) in [5.74, 6) is -1.61. The molecule has 0 aliphatic rings. The van der Waals surface area contributed by atoms with E-state index in [4.69, 9.17) is 0 Å². The number of rotatable bonds is 3. The SMILES string of the molecule is O=C(Nc1ncc(Br)nc1Br)c1ccc([N+](=O)[O-])c(F)c1. The van der Waals surface area contributed by atoms with E-state index >= 15 is 0 Å². The molecule has 2 aromatic rings. The summed E-state index contributed by atoms with van der Waals surface area (Å²) in [7, 11) is 0. The van der Waals surface area contributed by atoms with Crippen molar-refractivity contribution in [3.8, 4) is 0 Å². The Hall–Kier alpha value is -1.94. The number of hydrogen-bond acceptors (Lipinski definition) is 5. The first-order valence-electron chi connectivity index (χ1n) is 5.32. The molecule has 0 radical (unpaired) electrons. The lowest BCUT2D eigenvalue weighted by atomic mass is 10.2. The van der Waals surface area contributed by atoms with Crippen LogP contribution in [-0.4, -0.2) is 20.8 Å². The average Bonchev–Trinajstić information content (AvgIpc) is 2.41. The van der Waals surface area contributed by atoms with E-state index in [1.807, 2.05) is 0 Å². The number of nitrogens with one attached hydrogen (secondary N) is 1. The van der Waals surface area contributed by atoms with E-state index in [-0.39, 0.29) is 16.0 Å². The summed E-state index contributed by atoms with van der Waals surface area (Å²) >= 11 is 6.22. The average molecular weight is 420 g/mol. The number of nitro groups is 1. The lowest BCUT2D eigenvalue weighted by Crippen LogP contribution is -2.14. The first kappa shape index (κ1) is 15.4. The molecule has 1 heterocycles. The molecule has 0 saturated heterocycles. The highest BCUT2D eigenvalue weighted by Gasteiger charge is 2.17. The van der Waals surface area contributed by atoms with Crippen LogP contribution in [-0.2, 0) is 0 Å². The van der Waals surface area contributed by atoms with Gasteiger partial charge in [0, 0.05) is 11.6 Å². The van der Waals surface area contributed by atoms with Crippen molar-refractivity contribution in [3.63, 3.8) is 0 Å². The number of hydrogen-bond donors (Lipinski definition) is 1. The van der Waals surface area contributed by atoms with E-state index in [0.717, 1.165) is 18.2 Å². The van der Waals surface area contributed by atoms with Gasteiger partial charge >= 0.3 is 5.69 Å². The van der Waals surface area contributed by atoms with E-state index in [1.54, 1.807) is 0 Å². The second-order valence-electron chi connectivity index (χ2n) is 3.71. The molecule has 0 atom stereocenters. The zero-order chi connectivity index (χ0) is 15.6. The summed E-state index contributed by atoms with van der Waals surface area (Å²) < 4.78 is 14.2. The molecule has 10 heteroatoms. The van der Waals surface area contributed by atoms with Crippen molar-refractivity contribution in [2.24, 2.45) is 0 Å². The van der Waals surface area contributed by atoms with Crippen molar-refractivity contribution in [3.05, 3.63) is 55.1 Å². The van der Waals surface area contributed by atoms with Gasteiger partial charge in [-0.25, -0.2) is 9.97 Å². The molecule has 7 nitrogen and oxygen atoms in total. The minimum Gasteiger partial charge on any atom is -0.304 e. The van der Waals surface area contributed by atoms with E-state index in [1.165, 1.54) is 6.20 Å². The quantitative estimate of drug-likeness (QED) is 0.607. The summed E-state index contributed by atoms with van der Waals surface area (Å²) in [6.07, 6.45) is 1.37. The lowest BCUT2D eigenvalue weighted by Gasteiger charge is -2.06. The number of amides is 1. The van der Waals surface area contributed by atoms with Crippen LogP contribution in [0.4, 0.5) is 15.9 Å². The lowest BCUT2D eigenvalue weighted by molar-refractivity contribution is -0.387. The smallest absolute Gasteiger partial charge is 0.304 e. The monoisotopic (exact) mass is 418 g/mol. The normalized spacial score (nSPS) is 10.2. The van der Waals surface area contributed by atoms with Gasteiger partial charge in [-0.1, -0.05) is 0 Å². The van der Waals surface area contributed by atoms with Crippen LogP contribution in [0.3, 0.4) is 0 Å². The maximum atomic E-state index is 13.5. The molecule has 1 N–H and O–H groups in total. The second-order valence-corrected chi connectivity index (χ2v) is 5.27. The largest absolute Gasteiger partial charge is 0.304 e. The number of carbonyl (C=O) groups excluding carboxylic acids is 1. The number of nitro benzene ring substituents is 1. The molecule has 1 aromatic heterocycles. The van der Waals surface area contributed by atoms with E-state index in [2.05, 4.69) is 47.1 Å². The fourth-order valence-corrected chi connectivity index (χ4v) is 2.32. The zero-order valence-electron chi connectivity index (χ0n) is 10.0. The van der Waals surface area contributed by atoms with Crippen molar-refractivity contribution in [2.45, 2.75) is 0 Å². The number of nitrogens with zero attached hydrogens (tertiary/aromatic N) is 3. The molecule has 1 aromatic carbocycles. The Kier molecular flexibility index (Phi) is 4.58. The van der Waals surface area contributed by atoms with Gasteiger partial charge in [0.05, 0.1) is 11.1 Å². The van der Waals surface area contributed by atoms with Gasteiger partial charge in [0.1, 0.15) is 9.21 Å². The van der Waals surface area contributed by atoms with Crippen LogP contribution in [0, 0.1) is 15.9 Å². The molecular formula is C11H5Br2FN4O3. The van der Waals surface area contributed by atoms with E-state index < -0.39 is 22.3 Å². The molecule has 108 valence electrons. The van der Waals surface area contributed by atoms with Crippen LogP contribution in [0.2, 0.25) is 0 Å². The predicted octanol–water partition coefficient (Wildman–Crippen LogP) is 3.30. The molecule has 0 fully saturated rings. The Morgan fingerprint density at radius 3 is 2.67 bits per heavy atom. The van der Waals surface area contributed by atoms with Crippen LogP contribution in [0.5, 0.6) is 0 Å². The van der Waals surface area contributed by atoms with Gasteiger partial charge < -0.3 is 5.32 Å². The van der Waals surface area contributed by atoms with Crippen LogP contribution < -0.4 is 5.32 Å². The minimum absolute atomic E-state index is 0.0743. The Balaban J connectivity index is 2.24. The first-order chi connectivity index (χ1) is 9.88. The maximum absolute atomic E-state index is 13.5. The van der Waals surface area contributed by atoms with Crippen molar-refractivity contribution >= 4 is 49.3 Å². The molecule has 0 bridgehead atoms. The van der Waals surface area contributed by atoms with Crippen LogP contribution in [0.25, 0.3) is 0 Å². The number of benzene rings is 1. The molecule has 0 aliphatic carbocycles. The van der Waals surface area contributed by atoms with Crippen LogP contribution >= 0.6 is 31.9 Å². The fourth-order valence-electron chi connectivity index (χ4n) is 1.41. The van der Waals surface area contributed by atoms with Crippen molar-refractivity contribution in [2.75, 3.05) is 5.32 Å². The van der Waals surface area contributed by atoms with Gasteiger partial charge in [0.2, 0.25) is 5.82 Å². The van der Waals surface area contributed by atoms with Gasteiger partial charge in [-0.15, -0.1) is 0 Å². The molecule has 21 heavy (non-hydrogen) atoms. The van der Waals surface area contributed by atoms with Crippen molar-refractivity contribution in [1.82, 2.24) is 9.97 Å². The van der Waals surface area contributed by atoms with Gasteiger partial charge in [-0.05, 0) is 44.0 Å². The Labute approximate surface area is 134 Å². The molecular weight excluding hydrogens is 415 g/mol. The van der Waals surface area contributed by atoms with Crippen molar-refractivity contribution < 1.29 is 14.1 Å². The highest BCUT2D eigenvalue weighted by Crippen LogP contribution is 2.22. The third-order valence-corrected chi connectivity index (χ3v) is 3.27. The summed E-state index contributed by atoms with van der Waals surface area (Å²) in [6.45, 7) is 0. The van der Waals surface area contributed by atoms with Crippen LogP contribution in [0.15, 0.2) is 33.6 Å². The minimum atomic E-state index is -1.09. The highest BCUT2D eigenvalue weighted by atomic mass is 79.9. The third kappa shape index (κ3) is 3.58. The van der Waals surface area contributed by atoms with E-state index in [0.29, 0.717) is 4.60 Å². The van der Waals surface area contributed by atoms with Crippen LogP contribution in [0.1, 0.15) is 10.4 Å². The maximum Gasteiger partial charge on any atom is 0.304 e. The summed E-state index contributed by atoms with van der Waals surface area (Å²) in [5, 5.41) is 12.9. The van der Waals surface area contributed by atoms with Gasteiger partial charge in [0.25, 0.3) is 5.91 Å². The molecule has 1 amide bonds.